The van der Waals surface area contributed by atoms with Crippen LogP contribution >= 0.6 is 15.9 Å². The predicted molar refractivity (Wildman–Crippen MR) is 80.8 cm³/mol. The highest BCUT2D eigenvalue weighted by molar-refractivity contribution is 9.09. The minimum atomic E-state index is -1.05. The number of cyclic esters (lactones) is 1. The molecular formula is C14H13BrF2N2O4. The number of halogens is 3. The number of rotatable bonds is 5. The molecule has 1 aliphatic heterocycles. The molecule has 2 amide bonds. The fourth-order valence-electron chi connectivity index (χ4n) is 2.15. The van der Waals surface area contributed by atoms with Crippen molar-refractivity contribution in [3.8, 4) is 0 Å². The Morgan fingerprint density at radius 2 is 2.00 bits per heavy atom. The van der Waals surface area contributed by atoms with Gasteiger partial charge in [0.1, 0.15) is 17.7 Å². The number of carbonyl (C=O) groups is 3. The first-order chi connectivity index (χ1) is 10.8. The Morgan fingerprint density at radius 1 is 1.39 bits per heavy atom. The van der Waals surface area contributed by atoms with E-state index in [0.29, 0.717) is 0 Å². The van der Waals surface area contributed by atoms with E-state index in [1.807, 2.05) is 0 Å². The second-order valence-electron chi connectivity index (χ2n) is 4.89. The van der Waals surface area contributed by atoms with Gasteiger partial charge in [-0.15, -0.1) is 0 Å². The van der Waals surface area contributed by atoms with Crippen LogP contribution in [0.15, 0.2) is 12.1 Å². The molecule has 0 unspecified atom stereocenters. The van der Waals surface area contributed by atoms with Crippen LogP contribution < -0.4 is 10.2 Å². The van der Waals surface area contributed by atoms with E-state index >= 15 is 0 Å². The Kier molecular flexibility index (Phi) is 5.30. The lowest BCUT2D eigenvalue weighted by Crippen LogP contribution is -2.33. The van der Waals surface area contributed by atoms with Crippen molar-refractivity contribution in [2.45, 2.75) is 13.0 Å². The highest BCUT2D eigenvalue weighted by Gasteiger charge is 2.33. The molecule has 0 spiro atoms. The predicted octanol–water partition coefficient (Wildman–Crippen LogP) is 2.00. The number of hydrogen-bond acceptors (Lipinski definition) is 4. The molecule has 2 rings (SSSR count). The van der Waals surface area contributed by atoms with Gasteiger partial charge in [-0.2, -0.15) is 0 Å². The van der Waals surface area contributed by atoms with Gasteiger partial charge in [0.25, 0.3) is 0 Å². The second-order valence-corrected chi connectivity index (χ2v) is 5.46. The quantitative estimate of drug-likeness (QED) is 0.616. The van der Waals surface area contributed by atoms with E-state index in [1.54, 1.807) is 0 Å². The van der Waals surface area contributed by atoms with E-state index in [1.165, 1.54) is 6.92 Å². The molecule has 1 saturated heterocycles. The SMILES string of the molecule is CC(=O)NC[C@H]1CN(c2cc(F)c(C(=O)CBr)c(F)c2)C(=O)O1. The van der Waals surface area contributed by atoms with Gasteiger partial charge in [-0.05, 0) is 12.1 Å². The summed E-state index contributed by atoms with van der Waals surface area (Å²) in [5.74, 6) is -3.13. The van der Waals surface area contributed by atoms with E-state index in [0.717, 1.165) is 17.0 Å². The van der Waals surface area contributed by atoms with Crippen molar-refractivity contribution in [3.05, 3.63) is 29.3 Å². The van der Waals surface area contributed by atoms with Crippen LogP contribution in [-0.2, 0) is 9.53 Å². The molecule has 124 valence electrons. The van der Waals surface area contributed by atoms with Crippen LogP contribution in [0.4, 0.5) is 19.3 Å². The first-order valence-electron chi connectivity index (χ1n) is 6.64. The van der Waals surface area contributed by atoms with Crippen molar-refractivity contribution in [2.75, 3.05) is 23.3 Å². The van der Waals surface area contributed by atoms with E-state index in [2.05, 4.69) is 21.2 Å². The minimum Gasteiger partial charge on any atom is -0.442 e. The van der Waals surface area contributed by atoms with Gasteiger partial charge in [0, 0.05) is 6.92 Å². The number of alkyl halides is 1. The third kappa shape index (κ3) is 3.84. The number of amides is 2. The molecule has 0 aromatic heterocycles. The van der Waals surface area contributed by atoms with Crippen LogP contribution in [0.1, 0.15) is 17.3 Å². The van der Waals surface area contributed by atoms with Gasteiger partial charge >= 0.3 is 6.09 Å². The van der Waals surface area contributed by atoms with Crippen molar-refractivity contribution in [3.63, 3.8) is 0 Å². The number of Topliss-reactive ketones (excluding diaryl/α,β-unsaturated/α-hetero) is 1. The Balaban J connectivity index is 2.21. The van der Waals surface area contributed by atoms with Crippen LogP contribution in [0.3, 0.4) is 0 Å². The summed E-state index contributed by atoms with van der Waals surface area (Å²) in [6, 6.07) is 1.81. The van der Waals surface area contributed by atoms with Crippen LogP contribution in [0.5, 0.6) is 0 Å². The molecule has 0 aliphatic carbocycles. The normalized spacial score (nSPS) is 17.1. The standard InChI is InChI=1S/C14H13BrF2N2O4/c1-7(20)18-5-9-6-19(14(22)23-9)8-2-10(16)13(11(17)3-8)12(21)4-15/h2-3,9H,4-6H2,1H3,(H,18,20)/t9-/m0/s1. The molecule has 9 heteroatoms. The Hall–Kier alpha value is -2.03. The zero-order valence-electron chi connectivity index (χ0n) is 12.1. The molecule has 1 aromatic carbocycles. The maximum atomic E-state index is 14.0. The summed E-state index contributed by atoms with van der Waals surface area (Å²) in [7, 11) is 0. The first-order valence-corrected chi connectivity index (χ1v) is 7.76. The molecule has 0 bridgehead atoms. The number of nitrogens with zero attached hydrogens (tertiary/aromatic N) is 1. The van der Waals surface area contributed by atoms with Gasteiger partial charge in [0.05, 0.1) is 29.7 Å². The molecule has 1 aliphatic rings. The molecule has 1 fully saturated rings. The van der Waals surface area contributed by atoms with Gasteiger partial charge in [0.2, 0.25) is 5.91 Å². The second kappa shape index (κ2) is 7.03. The maximum Gasteiger partial charge on any atom is 0.414 e. The monoisotopic (exact) mass is 390 g/mol. The van der Waals surface area contributed by atoms with Crippen LogP contribution in [0, 0.1) is 11.6 Å². The largest absolute Gasteiger partial charge is 0.442 e. The highest BCUT2D eigenvalue weighted by atomic mass is 79.9. The number of benzene rings is 1. The molecule has 1 aromatic rings. The number of nitrogens with one attached hydrogen (secondary N) is 1. The maximum absolute atomic E-state index is 14.0. The van der Waals surface area contributed by atoms with Gasteiger partial charge in [-0.1, -0.05) is 15.9 Å². The fraction of sp³-hybridized carbons (Fsp3) is 0.357. The zero-order chi connectivity index (χ0) is 17.1. The molecule has 6 nitrogen and oxygen atoms in total. The average Bonchev–Trinajstić information content (AvgIpc) is 2.85. The van der Waals surface area contributed by atoms with Crippen LogP contribution in [0.2, 0.25) is 0 Å². The lowest BCUT2D eigenvalue weighted by atomic mass is 10.1. The molecular weight excluding hydrogens is 378 g/mol. The van der Waals surface area contributed by atoms with E-state index in [9.17, 15) is 23.2 Å². The fourth-order valence-corrected chi connectivity index (χ4v) is 2.43. The summed E-state index contributed by atoms with van der Waals surface area (Å²) >= 11 is 2.85. The number of ketones is 1. The smallest absolute Gasteiger partial charge is 0.414 e. The van der Waals surface area contributed by atoms with Crippen LogP contribution in [-0.4, -0.2) is 42.3 Å². The third-order valence-electron chi connectivity index (χ3n) is 3.19. The van der Waals surface area contributed by atoms with Gasteiger partial charge in [-0.25, -0.2) is 13.6 Å². The van der Waals surface area contributed by atoms with E-state index in [4.69, 9.17) is 4.74 Å². The van der Waals surface area contributed by atoms with Crippen molar-refractivity contribution in [2.24, 2.45) is 0 Å². The van der Waals surface area contributed by atoms with E-state index < -0.39 is 35.2 Å². The Bertz CT molecular complexity index is 645. The van der Waals surface area contributed by atoms with Crippen molar-refractivity contribution >= 4 is 39.4 Å². The Morgan fingerprint density at radius 3 is 2.52 bits per heavy atom. The topological polar surface area (TPSA) is 75.7 Å². The lowest BCUT2D eigenvalue weighted by Gasteiger charge is -2.14. The summed E-state index contributed by atoms with van der Waals surface area (Å²) in [5.41, 5.74) is -0.713. The molecule has 0 saturated carbocycles. The molecule has 1 N–H and O–H groups in total. The molecule has 1 heterocycles. The van der Waals surface area contributed by atoms with Gasteiger partial charge < -0.3 is 10.1 Å². The van der Waals surface area contributed by atoms with Crippen LogP contribution in [0.25, 0.3) is 0 Å². The average molecular weight is 391 g/mol. The summed E-state index contributed by atoms with van der Waals surface area (Å²) in [6.07, 6.45) is -1.40. The number of anilines is 1. The molecule has 23 heavy (non-hydrogen) atoms. The first kappa shape index (κ1) is 17.3. The zero-order valence-corrected chi connectivity index (χ0v) is 13.7. The van der Waals surface area contributed by atoms with E-state index in [-0.39, 0.29) is 30.0 Å². The third-order valence-corrected chi connectivity index (χ3v) is 3.70. The lowest BCUT2D eigenvalue weighted by molar-refractivity contribution is -0.119. The summed E-state index contributed by atoms with van der Waals surface area (Å²) < 4.78 is 32.9. The number of hydrogen-bond donors (Lipinski definition) is 1. The van der Waals surface area contributed by atoms with Crippen molar-refractivity contribution in [1.29, 1.82) is 0 Å². The van der Waals surface area contributed by atoms with Crippen molar-refractivity contribution in [1.82, 2.24) is 5.32 Å². The highest BCUT2D eigenvalue weighted by Crippen LogP contribution is 2.26. The Labute approximate surface area is 138 Å². The summed E-state index contributed by atoms with van der Waals surface area (Å²) in [6.45, 7) is 1.45. The molecule has 1 atom stereocenters. The van der Waals surface area contributed by atoms with Gasteiger partial charge in [0.15, 0.2) is 5.78 Å². The number of carbonyl (C=O) groups excluding carboxylic acids is 3. The van der Waals surface area contributed by atoms with Crippen molar-refractivity contribution < 1.29 is 27.9 Å². The number of ether oxygens (including phenoxy) is 1. The molecule has 0 radical (unpaired) electrons. The summed E-state index contributed by atoms with van der Waals surface area (Å²) in [5, 5.41) is 2.28. The summed E-state index contributed by atoms with van der Waals surface area (Å²) in [4.78, 5) is 35.2. The van der Waals surface area contributed by atoms with Gasteiger partial charge in [-0.3, -0.25) is 14.5 Å². The minimum absolute atomic E-state index is 0.0315.